The van der Waals surface area contributed by atoms with Gasteiger partial charge in [0.05, 0.1) is 18.2 Å². The van der Waals surface area contributed by atoms with Crippen molar-refractivity contribution >= 4 is 5.91 Å². The molecule has 0 N–H and O–H groups in total. The molecule has 1 unspecified atom stereocenters. The second-order valence-corrected chi connectivity index (χ2v) is 8.30. The molecule has 0 aromatic carbocycles. The van der Waals surface area contributed by atoms with Gasteiger partial charge in [-0.25, -0.2) is 4.68 Å². The van der Waals surface area contributed by atoms with Gasteiger partial charge in [0.2, 0.25) is 5.91 Å². The number of fused-ring (bicyclic) bond motifs is 1. The van der Waals surface area contributed by atoms with E-state index in [2.05, 4.69) is 21.9 Å². The number of likely N-dealkylation sites (tertiary alicyclic amines) is 1. The van der Waals surface area contributed by atoms with Crippen molar-refractivity contribution in [1.82, 2.24) is 24.5 Å². The fourth-order valence-electron chi connectivity index (χ4n) is 4.65. The average molecular weight is 374 g/mol. The van der Waals surface area contributed by atoms with Gasteiger partial charge in [-0.3, -0.25) is 14.5 Å². The molecule has 2 aliphatic heterocycles. The number of nitrogens with zero attached hydrogens (tertiary/aromatic N) is 5. The standard InChI is InChI=1S/C20H31N5O2/c1-22-7-3-5-17(15-22)20(27)24-11-8-23(9-12-24)10-13-25-19(26)14-16-4-2-6-18(16)21-25/h14,17H,2-13,15H2,1H3. The van der Waals surface area contributed by atoms with Crippen molar-refractivity contribution in [3.05, 3.63) is 27.7 Å². The zero-order valence-corrected chi connectivity index (χ0v) is 16.4. The highest BCUT2D eigenvalue weighted by Gasteiger charge is 2.30. The summed E-state index contributed by atoms with van der Waals surface area (Å²) in [6, 6.07) is 1.77. The monoisotopic (exact) mass is 373 g/mol. The molecule has 3 aliphatic rings. The molecule has 3 heterocycles. The van der Waals surface area contributed by atoms with Crippen molar-refractivity contribution in [3.63, 3.8) is 0 Å². The van der Waals surface area contributed by atoms with E-state index in [-0.39, 0.29) is 11.5 Å². The third-order valence-corrected chi connectivity index (χ3v) is 6.31. The van der Waals surface area contributed by atoms with Gasteiger partial charge in [0, 0.05) is 45.3 Å². The van der Waals surface area contributed by atoms with Crippen molar-refractivity contribution in [2.45, 2.75) is 38.6 Å². The molecule has 1 aliphatic carbocycles. The lowest BCUT2D eigenvalue weighted by Gasteiger charge is -2.38. The highest BCUT2D eigenvalue weighted by atomic mass is 16.2. The Balaban J connectivity index is 1.26. The highest BCUT2D eigenvalue weighted by Crippen LogP contribution is 2.19. The molecule has 0 spiro atoms. The summed E-state index contributed by atoms with van der Waals surface area (Å²) in [7, 11) is 2.10. The molecule has 27 heavy (non-hydrogen) atoms. The Bertz CT molecular complexity index is 738. The molecule has 0 bridgehead atoms. The fraction of sp³-hybridized carbons (Fsp3) is 0.750. The molecule has 1 amide bonds. The first-order chi connectivity index (χ1) is 13.1. The van der Waals surface area contributed by atoms with E-state index >= 15 is 0 Å². The average Bonchev–Trinajstić information content (AvgIpc) is 3.13. The summed E-state index contributed by atoms with van der Waals surface area (Å²) in [5.41, 5.74) is 2.25. The maximum absolute atomic E-state index is 12.8. The normalized spacial score (nSPS) is 24.2. The lowest BCUT2D eigenvalue weighted by Crippen LogP contribution is -2.52. The smallest absolute Gasteiger partial charge is 0.267 e. The first-order valence-electron chi connectivity index (χ1n) is 10.4. The number of hydrogen-bond acceptors (Lipinski definition) is 5. The summed E-state index contributed by atoms with van der Waals surface area (Å²) in [4.78, 5) is 31.6. The number of piperidine rings is 1. The van der Waals surface area contributed by atoms with Gasteiger partial charge in [0.1, 0.15) is 0 Å². The van der Waals surface area contributed by atoms with Crippen LogP contribution in [0.25, 0.3) is 0 Å². The summed E-state index contributed by atoms with van der Waals surface area (Å²) >= 11 is 0. The molecular formula is C20H31N5O2. The largest absolute Gasteiger partial charge is 0.340 e. The SMILES string of the molecule is CN1CCCC(C(=O)N2CCN(CCn3nc4c(cc3=O)CCC4)CC2)C1. The fourth-order valence-corrected chi connectivity index (χ4v) is 4.65. The number of amides is 1. The molecule has 0 saturated carbocycles. The summed E-state index contributed by atoms with van der Waals surface area (Å²) in [6.07, 6.45) is 5.24. The van der Waals surface area contributed by atoms with Crippen LogP contribution in [-0.2, 0) is 24.2 Å². The van der Waals surface area contributed by atoms with E-state index < -0.39 is 0 Å². The molecule has 148 valence electrons. The Morgan fingerprint density at radius 3 is 2.70 bits per heavy atom. The number of carbonyl (C=O) groups excluding carboxylic acids is 1. The van der Waals surface area contributed by atoms with E-state index in [9.17, 15) is 9.59 Å². The minimum atomic E-state index is 0.0193. The third-order valence-electron chi connectivity index (χ3n) is 6.31. The van der Waals surface area contributed by atoms with Crippen LogP contribution in [-0.4, -0.2) is 83.2 Å². The van der Waals surface area contributed by atoms with Crippen LogP contribution in [0.3, 0.4) is 0 Å². The summed E-state index contributed by atoms with van der Waals surface area (Å²) in [5, 5.41) is 4.56. The van der Waals surface area contributed by atoms with Crippen LogP contribution in [0.4, 0.5) is 0 Å². The van der Waals surface area contributed by atoms with Gasteiger partial charge in [-0.15, -0.1) is 0 Å². The van der Waals surface area contributed by atoms with E-state index in [1.165, 1.54) is 0 Å². The minimum absolute atomic E-state index is 0.0193. The van der Waals surface area contributed by atoms with Crippen molar-refractivity contribution in [1.29, 1.82) is 0 Å². The van der Waals surface area contributed by atoms with E-state index in [4.69, 9.17) is 0 Å². The number of hydrogen-bond donors (Lipinski definition) is 0. The number of rotatable bonds is 4. The van der Waals surface area contributed by atoms with Crippen LogP contribution in [0.1, 0.15) is 30.5 Å². The second kappa shape index (κ2) is 8.10. The maximum Gasteiger partial charge on any atom is 0.267 e. The third kappa shape index (κ3) is 4.24. The van der Waals surface area contributed by atoms with Crippen molar-refractivity contribution < 1.29 is 4.79 Å². The summed E-state index contributed by atoms with van der Waals surface area (Å²) in [5.74, 6) is 0.502. The Morgan fingerprint density at radius 1 is 1.11 bits per heavy atom. The molecule has 1 aromatic heterocycles. The minimum Gasteiger partial charge on any atom is -0.340 e. The van der Waals surface area contributed by atoms with Gasteiger partial charge in [0.25, 0.3) is 5.56 Å². The van der Waals surface area contributed by atoms with Crippen molar-refractivity contribution in [2.75, 3.05) is 52.9 Å². The van der Waals surface area contributed by atoms with Gasteiger partial charge >= 0.3 is 0 Å². The highest BCUT2D eigenvalue weighted by molar-refractivity contribution is 5.79. The summed E-state index contributed by atoms with van der Waals surface area (Å²) < 4.78 is 1.62. The number of carbonyl (C=O) groups is 1. The number of piperazine rings is 1. The van der Waals surface area contributed by atoms with Crippen LogP contribution in [0.2, 0.25) is 0 Å². The molecule has 7 nitrogen and oxygen atoms in total. The molecular weight excluding hydrogens is 342 g/mol. The molecule has 1 aromatic rings. The molecule has 0 radical (unpaired) electrons. The molecule has 4 rings (SSSR count). The predicted molar refractivity (Wildman–Crippen MR) is 104 cm³/mol. The van der Waals surface area contributed by atoms with Gasteiger partial charge in [-0.05, 0) is 51.3 Å². The van der Waals surface area contributed by atoms with E-state index in [0.717, 1.165) is 89.2 Å². The molecule has 2 fully saturated rings. The quantitative estimate of drug-likeness (QED) is 0.756. The van der Waals surface area contributed by atoms with Crippen LogP contribution in [0.15, 0.2) is 10.9 Å². The Kier molecular flexibility index (Phi) is 5.59. The maximum atomic E-state index is 12.8. The van der Waals surface area contributed by atoms with Gasteiger partial charge in [-0.2, -0.15) is 5.10 Å². The summed E-state index contributed by atoms with van der Waals surface area (Å²) in [6.45, 7) is 6.81. The van der Waals surface area contributed by atoms with Crippen LogP contribution in [0.5, 0.6) is 0 Å². The van der Waals surface area contributed by atoms with Crippen molar-refractivity contribution in [3.8, 4) is 0 Å². The lowest BCUT2D eigenvalue weighted by atomic mass is 9.96. The Hall–Kier alpha value is -1.73. The van der Waals surface area contributed by atoms with Crippen molar-refractivity contribution in [2.24, 2.45) is 5.92 Å². The van der Waals surface area contributed by atoms with Gasteiger partial charge in [0.15, 0.2) is 0 Å². The Morgan fingerprint density at radius 2 is 1.93 bits per heavy atom. The van der Waals surface area contributed by atoms with Crippen LogP contribution in [0, 0.1) is 5.92 Å². The molecule has 2 saturated heterocycles. The van der Waals surface area contributed by atoms with Gasteiger partial charge < -0.3 is 9.80 Å². The van der Waals surface area contributed by atoms with Gasteiger partial charge in [-0.1, -0.05) is 0 Å². The zero-order valence-electron chi connectivity index (χ0n) is 16.4. The van der Waals surface area contributed by atoms with E-state index in [1.54, 1.807) is 10.7 Å². The first kappa shape index (κ1) is 18.6. The number of aryl methyl sites for hydroxylation is 2. The molecule has 7 heteroatoms. The second-order valence-electron chi connectivity index (χ2n) is 8.30. The van der Waals surface area contributed by atoms with E-state index in [0.29, 0.717) is 12.5 Å². The van der Waals surface area contributed by atoms with E-state index in [1.807, 2.05) is 4.90 Å². The van der Waals surface area contributed by atoms with Crippen LogP contribution < -0.4 is 5.56 Å². The zero-order chi connectivity index (χ0) is 18.8. The lowest BCUT2D eigenvalue weighted by molar-refractivity contribution is -0.139. The Labute approximate surface area is 160 Å². The number of aromatic nitrogens is 2. The topological polar surface area (TPSA) is 61.7 Å². The van der Waals surface area contributed by atoms with Crippen LogP contribution >= 0.6 is 0 Å². The molecule has 1 atom stereocenters. The predicted octanol–water partition coefficient (Wildman–Crippen LogP) is 0.218. The first-order valence-corrected chi connectivity index (χ1v) is 10.4.